The molecule has 0 aromatic rings. The quantitative estimate of drug-likeness (QED) is 0.329. The summed E-state index contributed by atoms with van der Waals surface area (Å²) >= 11 is 1.27. The van der Waals surface area contributed by atoms with E-state index in [1.807, 2.05) is 6.08 Å². The van der Waals surface area contributed by atoms with Crippen LogP contribution in [0.25, 0.3) is 0 Å². The van der Waals surface area contributed by atoms with Gasteiger partial charge in [0.15, 0.2) is 0 Å². The van der Waals surface area contributed by atoms with Crippen LogP contribution in [0.2, 0.25) is 3.67 Å². The molecule has 8 heavy (non-hydrogen) atoms. The maximum absolute atomic E-state index is 8.46. The van der Waals surface area contributed by atoms with Crippen molar-refractivity contribution in [3.05, 3.63) is 12.7 Å². The van der Waals surface area contributed by atoms with E-state index >= 15 is 0 Å². The third-order valence-corrected chi connectivity index (χ3v) is 0.866. The van der Waals surface area contributed by atoms with Crippen LogP contribution in [-0.2, 0) is 4.57 Å². The van der Waals surface area contributed by atoms with Crippen LogP contribution in [0.5, 0.6) is 0 Å². The predicted octanol–water partition coefficient (Wildman–Crippen LogP) is 1.11. The van der Waals surface area contributed by atoms with Crippen molar-refractivity contribution in [3.63, 3.8) is 0 Å². The summed E-state index contributed by atoms with van der Waals surface area (Å²) in [5.41, 5.74) is 0. The van der Waals surface area contributed by atoms with Crippen LogP contribution in [-0.4, -0.2) is 32.8 Å². The van der Waals surface area contributed by atoms with Crippen LogP contribution < -0.4 is 6.15 Å². The second-order valence-corrected chi connectivity index (χ2v) is 1.76. The minimum absolute atomic E-state index is 0. The van der Waals surface area contributed by atoms with Gasteiger partial charge in [0.25, 0.3) is 0 Å². The number of rotatable bonds is 1. The van der Waals surface area contributed by atoms with Crippen molar-refractivity contribution in [1.29, 1.82) is 0 Å². The minimum Gasteiger partial charge on any atom is -0.344 e. The van der Waals surface area contributed by atoms with Crippen molar-refractivity contribution >= 4 is 36.6 Å². The molecule has 4 N–H and O–H groups in total. The molecule has 0 saturated carbocycles. The van der Waals surface area contributed by atoms with Crippen molar-refractivity contribution < 1.29 is 9.46 Å². The molecule has 0 rings (SSSR count). The second-order valence-electron chi connectivity index (χ2n) is 0.779. The molecule has 0 saturated heterocycles. The Morgan fingerprint density at radius 2 is 2.00 bits per heavy atom. The molecule has 0 aliphatic rings. The summed E-state index contributed by atoms with van der Waals surface area (Å²) in [6, 6.07) is 0. The zero-order valence-corrected chi connectivity index (χ0v) is 7.90. The molecule has 0 unspecified atom stereocenters. The van der Waals surface area contributed by atoms with E-state index in [1.54, 1.807) is 0 Å². The molecule has 0 fully saturated rings. The van der Waals surface area contributed by atoms with Crippen molar-refractivity contribution in [2.45, 2.75) is 3.67 Å². The topological polar surface area (TPSA) is 72.3 Å². The van der Waals surface area contributed by atoms with Gasteiger partial charge in [-0.1, -0.05) is 0 Å². The fourth-order valence-corrected chi connectivity index (χ4v) is 0. The first-order chi connectivity index (χ1) is 3.33. The molecule has 3 nitrogen and oxygen atoms in total. The standard InChI is InChI=1S/C3H5.H3N.Na.HO2P/c1-3-2;;;1-3-2/h3H,1-2H2;1H3;;(H,1,2). The fraction of sp³-hybridized carbons (Fsp3) is 0.333. The number of hydrogen-bond acceptors (Lipinski definition) is 2. The first kappa shape index (κ1) is 15.9. The molecule has 0 atom stereocenters. The monoisotopic (exact) mass is 145 g/mol. The summed E-state index contributed by atoms with van der Waals surface area (Å²) in [7, 11) is -0.833. The van der Waals surface area contributed by atoms with Gasteiger partial charge in [-0.3, -0.25) is 0 Å². The SMILES string of the molecule is C=C[CH2][Na].N.O=PO. The van der Waals surface area contributed by atoms with Gasteiger partial charge >= 0.3 is 52.9 Å². The van der Waals surface area contributed by atoms with Gasteiger partial charge < -0.3 is 11.0 Å². The fourth-order valence-electron chi connectivity index (χ4n) is 0. The molecule has 0 aromatic heterocycles. The van der Waals surface area contributed by atoms with Gasteiger partial charge in [-0.05, 0) is 0 Å². The van der Waals surface area contributed by atoms with E-state index in [2.05, 4.69) is 6.58 Å². The molecule has 5 heteroatoms. The van der Waals surface area contributed by atoms with Gasteiger partial charge in [-0.15, -0.1) is 0 Å². The molecule has 0 aromatic carbocycles. The van der Waals surface area contributed by atoms with Crippen molar-refractivity contribution in [2.75, 3.05) is 0 Å². The Morgan fingerprint density at radius 3 is 2.00 bits per heavy atom. The molecule has 0 bridgehead atoms. The van der Waals surface area contributed by atoms with Crippen molar-refractivity contribution in [1.82, 2.24) is 6.15 Å². The van der Waals surface area contributed by atoms with Crippen LogP contribution in [0, 0.1) is 0 Å². The maximum atomic E-state index is 8.46. The van der Waals surface area contributed by atoms with E-state index in [-0.39, 0.29) is 6.15 Å². The molecular weight excluding hydrogens is 136 g/mol. The van der Waals surface area contributed by atoms with E-state index in [0.29, 0.717) is 0 Å². The van der Waals surface area contributed by atoms with Crippen LogP contribution in [0.1, 0.15) is 0 Å². The van der Waals surface area contributed by atoms with Gasteiger partial charge in [-0.2, -0.15) is 0 Å². The zero-order chi connectivity index (χ0) is 6.12. The average molecular weight is 145 g/mol. The summed E-state index contributed by atoms with van der Waals surface area (Å²) in [4.78, 5) is 6.99. The summed E-state index contributed by atoms with van der Waals surface area (Å²) in [5.74, 6) is 0. The van der Waals surface area contributed by atoms with E-state index in [0.717, 1.165) is 0 Å². The van der Waals surface area contributed by atoms with Crippen LogP contribution in [0.3, 0.4) is 0 Å². The average Bonchev–Trinajstić information content (AvgIpc) is 1.69. The van der Waals surface area contributed by atoms with Crippen LogP contribution in [0.15, 0.2) is 12.7 Å². The Labute approximate surface area is 68.5 Å². The van der Waals surface area contributed by atoms with Gasteiger partial charge in [0.1, 0.15) is 0 Å². The molecule has 0 aliphatic heterocycles. The minimum atomic E-state index is -0.833. The van der Waals surface area contributed by atoms with E-state index in [9.17, 15) is 0 Å². The van der Waals surface area contributed by atoms with Crippen LogP contribution >= 0.6 is 8.69 Å². The third-order valence-electron chi connectivity index (χ3n) is 0.289. The Hall–Kier alpha value is 0.760. The Kier molecular flexibility index (Phi) is 49.9. The Morgan fingerprint density at radius 1 is 1.88 bits per heavy atom. The number of hydrogen-bond donors (Lipinski definition) is 2. The molecule has 44 valence electrons. The molecular formula is C3H9NNaO2P. The molecule has 0 radical (unpaired) electrons. The van der Waals surface area contributed by atoms with Gasteiger partial charge in [0.2, 0.25) is 0 Å². The van der Waals surface area contributed by atoms with E-state index < -0.39 is 8.69 Å². The second kappa shape index (κ2) is 25.1. The summed E-state index contributed by atoms with van der Waals surface area (Å²) in [5, 5.41) is 0. The Bertz CT molecular complexity index is 52.5. The van der Waals surface area contributed by atoms with Gasteiger partial charge in [-0.25, -0.2) is 4.57 Å². The van der Waals surface area contributed by atoms with E-state index in [1.165, 1.54) is 31.6 Å². The number of allylic oxidation sites excluding steroid dienone is 1. The van der Waals surface area contributed by atoms with Crippen molar-refractivity contribution in [2.24, 2.45) is 0 Å². The summed E-state index contributed by atoms with van der Waals surface area (Å²) in [6.45, 7) is 3.51. The first-order valence-corrected chi connectivity index (χ1v) is 4.09. The largest absolute Gasteiger partial charge is 0.344 e. The zero-order valence-electron chi connectivity index (χ0n) is 5.00. The Balaban J connectivity index is -0.0000000575. The normalized spacial score (nSPS) is 5.88. The van der Waals surface area contributed by atoms with Gasteiger partial charge in [0, 0.05) is 0 Å². The molecule has 0 amide bonds. The summed E-state index contributed by atoms with van der Waals surface area (Å²) in [6.07, 6.45) is 1.94. The third kappa shape index (κ3) is 72.4. The smallest absolute Gasteiger partial charge is 0.324 e. The summed E-state index contributed by atoms with van der Waals surface area (Å²) < 4.78 is 9.68. The van der Waals surface area contributed by atoms with Crippen molar-refractivity contribution in [3.8, 4) is 0 Å². The maximum Gasteiger partial charge on any atom is 0.324 e. The van der Waals surface area contributed by atoms with Crippen LogP contribution in [0.4, 0.5) is 0 Å². The molecule has 0 spiro atoms. The molecule has 0 aliphatic carbocycles. The van der Waals surface area contributed by atoms with Gasteiger partial charge in [0.05, 0.1) is 0 Å². The van der Waals surface area contributed by atoms with E-state index in [4.69, 9.17) is 9.46 Å². The molecule has 0 heterocycles. The first-order valence-electron chi connectivity index (χ1n) is 1.91. The predicted molar refractivity (Wildman–Crippen MR) is 35.6 cm³/mol.